The summed E-state index contributed by atoms with van der Waals surface area (Å²) in [5, 5.41) is 10.6. The SMILES string of the molecule is CCCCCCCC(=O)OCCOCCOCCOCCOCCOCCOCCOCCOCCOCCOc1ccc([N+](=O)[O-])cc1. The van der Waals surface area contributed by atoms with Gasteiger partial charge in [0.05, 0.1) is 124 Å². The van der Waals surface area contributed by atoms with E-state index in [1.165, 1.54) is 31.4 Å². The Morgan fingerprint density at radius 3 is 1.22 bits per heavy atom. The fourth-order valence-electron chi connectivity index (χ4n) is 3.90. The number of hydrogen-bond acceptors (Lipinski definition) is 14. The standard InChI is InChI=1S/C34H59NO14/c1-2-3-4-5-6-7-34(36)49-31-29-47-27-25-45-23-21-43-19-17-41-15-13-39-12-14-40-16-18-42-20-22-44-24-26-46-28-30-48-33-10-8-32(9-11-33)35(37)38/h8-11H,2-7,12-31H2,1H3. The summed E-state index contributed by atoms with van der Waals surface area (Å²) in [4.78, 5) is 21.8. The number of rotatable bonds is 38. The van der Waals surface area contributed by atoms with E-state index in [2.05, 4.69) is 6.92 Å². The second-order valence-corrected chi connectivity index (χ2v) is 10.5. The number of carbonyl (C=O) groups is 1. The third kappa shape index (κ3) is 31.3. The van der Waals surface area contributed by atoms with Crippen LogP contribution in [0, 0.1) is 10.1 Å². The number of esters is 1. The van der Waals surface area contributed by atoms with Crippen LogP contribution in [0.25, 0.3) is 0 Å². The van der Waals surface area contributed by atoms with Crippen LogP contribution in [0.1, 0.15) is 45.4 Å². The van der Waals surface area contributed by atoms with Crippen molar-refractivity contribution in [1.29, 1.82) is 0 Å². The largest absolute Gasteiger partial charge is 0.491 e. The first-order valence-corrected chi connectivity index (χ1v) is 17.4. The van der Waals surface area contributed by atoms with Gasteiger partial charge < -0.3 is 52.1 Å². The normalized spacial score (nSPS) is 11.2. The van der Waals surface area contributed by atoms with Crippen LogP contribution >= 0.6 is 0 Å². The van der Waals surface area contributed by atoms with Crippen molar-refractivity contribution < 1.29 is 61.8 Å². The molecule has 0 atom stereocenters. The van der Waals surface area contributed by atoms with Gasteiger partial charge in [-0.3, -0.25) is 14.9 Å². The van der Waals surface area contributed by atoms with E-state index in [4.69, 9.17) is 52.1 Å². The van der Waals surface area contributed by atoms with Crippen LogP contribution in [-0.2, 0) is 52.2 Å². The van der Waals surface area contributed by atoms with Crippen LogP contribution in [0.3, 0.4) is 0 Å². The molecule has 284 valence electrons. The molecule has 0 fully saturated rings. The number of unbranched alkanes of at least 4 members (excludes halogenated alkanes) is 4. The Kier molecular flexibility index (Phi) is 32.1. The van der Waals surface area contributed by atoms with E-state index in [1.807, 2.05) is 0 Å². The first-order valence-electron chi connectivity index (χ1n) is 17.4. The molecule has 1 rings (SSSR count). The lowest BCUT2D eigenvalue weighted by Gasteiger charge is -2.09. The molecule has 0 N–H and O–H groups in total. The summed E-state index contributed by atoms with van der Waals surface area (Å²) in [6, 6.07) is 5.90. The van der Waals surface area contributed by atoms with Gasteiger partial charge in [0, 0.05) is 18.6 Å². The number of nitro benzene ring substituents is 1. The summed E-state index contributed by atoms with van der Waals surface area (Å²) < 4.78 is 59.7. The van der Waals surface area contributed by atoms with Gasteiger partial charge in [0.1, 0.15) is 19.0 Å². The summed E-state index contributed by atoms with van der Waals surface area (Å²) in [6.07, 6.45) is 6.04. The van der Waals surface area contributed by atoms with Gasteiger partial charge in [-0.15, -0.1) is 0 Å². The summed E-state index contributed by atoms with van der Waals surface area (Å²) in [5.74, 6) is 0.400. The Morgan fingerprint density at radius 2 is 0.857 bits per heavy atom. The minimum atomic E-state index is -0.453. The molecule has 1 aromatic rings. The Bertz CT molecular complexity index is 877. The van der Waals surface area contributed by atoms with Crippen LogP contribution < -0.4 is 4.74 Å². The number of benzene rings is 1. The molecule has 0 saturated carbocycles. The number of nitro groups is 1. The maximum Gasteiger partial charge on any atom is 0.305 e. The average Bonchev–Trinajstić information content (AvgIpc) is 3.10. The smallest absolute Gasteiger partial charge is 0.305 e. The molecule has 0 saturated heterocycles. The molecule has 49 heavy (non-hydrogen) atoms. The van der Waals surface area contributed by atoms with Gasteiger partial charge in [0.15, 0.2) is 0 Å². The number of nitrogens with zero attached hydrogens (tertiary/aromatic N) is 1. The zero-order valence-corrected chi connectivity index (χ0v) is 29.4. The van der Waals surface area contributed by atoms with Crippen LogP contribution in [0.15, 0.2) is 24.3 Å². The van der Waals surface area contributed by atoms with E-state index in [0.29, 0.717) is 138 Å². The Hall–Kier alpha value is -2.47. The number of hydrogen-bond donors (Lipinski definition) is 0. The maximum atomic E-state index is 11.6. The van der Waals surface area contributed by atoms with Crippen LogP contribution in [0.5, 0.6) is 5.75 Å². The van der Waals surface area contributed by atoms with Crippen LogP contribution in [-0.4, -0.2) is 143 Å². The summed E-state index contributed by atoms with van der Waals surface area (Å²) >= 11 is 0. The van der Waals surface area contributed by atoms with E-state index in [9.17, 15) is 14.9 Å². The first kappa shape index (κ1) is 44.6. The third-order valence-corrected chi connectivity index (χ3v) is 6.50. The van der Waals surface area contributed by atoms with Crippen molar-refractivity contribution in [2.24, 2.45) is 0 Å². The average molecular weight is 706 g/mol. The van der Waals surface area contributed by atoms with Crippen LogP contribution in [0.4, 0.5) is 5.69 Å². The van der Waals surface area contributed by atoms with Gasteiger partial charge >= 0.3 is 5.97 Å². The van der Waals surface area contributed by atoms with Crippen molar-refractivity contribution in [1.82, 2.24) is 0 Å². The minimum absolute atomic E-state index is 0.0236. The lowest BCUT2D eigenvalue weighted by Crippen LogP contribution is -2.15. The van der Waals surface area contributed by atoms with Crippen molar-refractivity contribution in [2.45, 2.75) is 45.4 Å². The summed E-state index contributed by atoms with van der Waals surface area (Å²) in [5.41, 5.74) is 0.0236. The van der Waals surface area contributed by atoms with Gasteiger partial charge in [-0.05, 0) is 18.6 Å². The quantitative estimate of drug-likeness (QED) is 0.0420. The molecule has 0 unspecified atom stereocenters. The highest BCUT2D eigenvalue weighted by Gasteiger charge is 2.05. The summed E-state index contributed by atoms with van der Waals surface area (Å²) in [7, 11) is 0. The van der Waals surface area contributed by atoms with Crippen molar-refractivity contribution in [2.75, 3.05) is 132 Å². The molecular formula is C34H59NO14. The minimum Gasteiger partial charge on any atom is -0.491 e. The zero-order valence-electron chi connectivity index (χ0n) is 29.4. The van der Waals surface area contributed by atoms with E-state index >= 15 is 0 Å². The number of non-ortho nitro benzene ring substituents is 1. The molecule has 0 amide bonds. The zero-order chi connectivity index (χ0) is 35.3. The molecule has 0 aliphatic carbocycles. The molecule has 0 radical (unpaired) electrons. The van der Waals surface area contributed by atoms with E-state index in [1.54, 1.807) is 12.1 Å². The van der Waals surface area contributed by atoms with Gasteiger partial charge in [-0.1, -0.05) is 32.6 Å². The highest BCUT2D eigenvalue weighted by molar-refractivity contribution is 5.69. The van der Waals surface area contributed by atoms with Crippen molar-refractivity contribution in [3.05, 3.63) is 34.4 Å². The van der Waals surface area contributed by atoms with Crippen molar-refractivity contribution >= 4 is 11.7 Å². The molecule has 1 aromatic carbocycles. The first-order chi connectivity index (χ1) is 24.1. The molecule has 0 bridgehead atoms. The Labute approximate surface area is 291 Å². The summed E-state index contributed by atoms with van der Waals surface area (Å²) in [6.45, 7) is 11.0. The molecule has 0 heterocycles. The second kappa shape index (κ2) is 35.4. The van der Waals surface area contributed by atoms with E-state index < -0.39 is 4.92 Å². The van der Waals surface area contributed by atoms with Gasteiger partial charge in [-0.2, -0.15) is 0 Å². The Balaban J connectivity index is 1.66. The molecular weight excluding hydrogens is 646 g/mol. The number of carbonyl (C=O) groups excluding carboxylic acids is 1. The topological polar surface area (TPSA) is 162 Å². The van der Waals surface area contributed by atoms with E-state index in [-0.39, 0.29) is 18.3 Å². The third-order valence-electron chi connectivity index (χ3n) is 6.50. The fourth-order valence-corrected chi connectivity index (χ4v) is 3.90. The van der Waals surface area contributed by atoms with Crippen molar-refractivity contribution in [3.8, 4) is 5.75 Å². The second-order valence-electron chi connectivity index (χ2n) is 10.5. The highest BCUT2D eigenvalue weighted by Crippen LogP contribution is 2.17. The lowest BCUT2D eigenvalue weighted by atomic mass is 10.1. The molecule has 15 heteroatoms. The number of ether oxygens (including phenoxy) is 11. The highest BCUT2D eigenvalue weighted by atomic mass is 16.6. The van der Waals surface area contributed by atoms with Crippen molar-refractivity contribution in [3.63, 3.8) is 0 Å². The monoisotopic (exact) mass is 705 g/mol. The fraction of sp³-hybridized carbons (Fsp3) is 0.794. The van der Waals surface area contributed by atoms with Gasteiger partial charge in [-0.25, -0.2) is 0 Å². The Morgan fingerprint density at radius 1 is 0.510 bits per heavy atom. The predicted molar refractivity (Wildman–Crippen MR) is 180 cm³/mol. The maximum absolute atomic E-state index is 11.6. The van der Waals surface area contributed by atoms with E-state index in [0.717, 1.165) is 12.8 Å². The molecule has 15 nitrogen and oxygen atoms in total. The van der Waals surface area contributed by atoms with Gasteiger partial charge in [0.2, 0.25) is 0 Å². The van der Waals surface area contributed by atoms with Gasteiger partial charge in [0.25, 0.3) is 5.69 Å². The lowest BCUT2D eigenvalue weighted by molar-refractivity contribution is -0.384. The molecule has 0 aliphatic heterocycles. The molecule has 0 aliphatic rings. The van der Waals surface area contributed by atoms with Crippen LogP contribution in [0.2, 0.25) is 0 Å². The molecule has 0 aromatic heterocycles. The predicted octanol–water partition coefficient (Wildman–Crippen LogP) is 4.03. The molecule has 0 spiro atoms.